The molecule has 5 N–H and O–H groups in total. The fraction of sp³-hybridized carbons (Fsp3) is 0.179. The third kappa shape index (κ3) is 6.88. The maximum absolute atomic E-state index is 12.4. The van der Waals surface area contributed by atoms with E-state index in [0.717, 1.165) is 29.7 Å². The number of nitrogens with one attached hydrogen (secondary N) is 1. The van der Waals surface area contributed by atoms with Crippen molar-refractivity contribution in [2.45, 2.75) is 32.5 Å². The number of amides is 1. The zero-order valence-corrected chi connectivity index (χ0v) is 19.5. The number of carbonyl (C=O) groups is 1. The Morgan fingerprint density at radius 1 is 0.800 bits per heavy atom. The van der Waals surface area contributed by atoms with E-state index >= 15 is 0 Å². The van der Waals surface area contributed by atoms with Crippen molar-refractivity contribution >= 4 is 23.4 Å². The van der Waals surface area contributed by atoms with Crippen molar-refractivity contribution in [3.8, 4) is 11.1 Å². The number of nitrogens with zero attached hydrogens (tertiary/aromatic N) is 2. The molecule has 0 bridgehead atoms. The molecule has 0 unspecified atom stereocenters. The molecule has 0 radical (unpaired) electrons. The minimum atomic E-state index is -0.0148. The number of rotatable bonds is 10. The molecule has 1 amide bonds. The van der Waals surface area contributed by atoms with Crippen LogP contribution in [0.2, 0.25) is 0 Å². The second kappa shape index (κ2) is 11.8. The van der Waals surface area contributed by atoms with Crippen LogP contribution in [0.5, 0.6) is 0 Å². The summed E-state index contributed by atoms with van der Waals surface area (Å²) in [6.07, 6.45) is 2.12. The second-order valence-electron chi connectivity index (χ2n) is 8.23. The molecule has 178 valence electrons. The third-order valence-electron chi connectivity index (χ3n) is 5.55. The Balaban J connectivity index is 1.38. The number of nitrogens with two attached hydrogens (primary N) is 2. The van der Waals surface area contributed by atoms with Crippen molar-refractivity contribution in [3.05, 3.63) is 102 Å². The lowest BCUT2D eigenvalue weighted by Crippen LogP contribution is -2.11. The zero-order chi connectivity index (χ0) is 24.5. The van der Waals surface area contributed by atoms with Gasteiger partial charge in [-0.15, -0.1) is 0 Å². The summed E-state index contributed by atoms with van der Waals surface area (Å²) in [6, 6.07) is 27.5. The quantitative estimate of drug-likeness (QED) is 0.303. The molecule has 4 aromatic rings. The van der Waals surface area contributed by atoms with Crippen LogP contribution in [0.15, 0.2) is 84.9 Å². The van der Waals surface area contributed by atoms with E-state index in [2.05, 4.69) is 27.4 Å². The van der Waals surface area contributed by atoms with Crippen LogP contribution in [0.3, 0.4) is 0 Å². The van der Waals surface area contributed by atoms with E-state index in [4.69, 9.17) is 16.2 Å². The van der Waals surface area contributed by atoms with E-state index in [1.165, 1.54) is 5.56 Å². The van der Waals surface area contributed by atoms with Gasteiger partial charge in [-0.3, -0.25) is 4.79 Å². The number of hydrogen-bond donors (Lipinski definition) is 3. The standard InChI is InChI=1S/C28H29N5O2/c29-27-26(24(32-28(30)33-27)19-35-18-21-10-5-2-6-11-21)22-14-16-23(17-15-22)31-25(34)13-7-12-20-8-3-1-4-9-20/h1-6,8-11,14-17H,7,12-13,18-19H2,(H,31,34)(H4,29,30,32,33). The molecule has 0 spiro atoms. The molecule has 0 saturated carbocycles. The molecule has 0 fully saturated rings. The Morgan fingerprint density at radius 2 is 1.46 bits per heavy atom. The first-order valence-corrected chi connectivity index (χ1v) is 11.6. The van der Waals surface area contributed by atoms with Gasteiger partial charge in [0.25, 0.3) is 0 Å². The van der Waals surface area contributed by atoms with Crippen LogP contribution < -0.4 is 16.8 Å². The Kier molecular flexibility index (Phi) is 8.04. The molecule has 7 nitrogen and oxygen atoms in total. The highest BCUT2D eigenvalue weighted by molar-refractivity contribution is 5.91. The Morgan fingerprint density at radius 3 is 2.14 bits per heavy atom. The lowest BCUT2D eigenvalue weighted by Gasteiger charge is -2.13. The molecule has 0 aliphatic heterocycles. The van der Waals surface area contributed by atoms with Gasteiger partial charge in [-0.25, -0.2) is 4.98 Å². The zero-order valence-electron chi connectivity index (χ0n) is 19.5. The summed E-state index contributed by atoms with van der Waals surface area (Å²) in [5.74, 6) is 0.372. The number of nitrogen functional groups attached to an aromatic ring is 2. The van der Waals surface area contributed by atoms with Gasteiger partial charge in [0.2, 0.25) is 11.9 Å². The molecule has 0 aliphatic carbocycles. The van der Waals surface area contributed by atoms with E-state index < -0.39 is 0 Å². The summed E-state index contributed by atoms with van der Waals surface area (Å²) in [6.45, 7) is 0.681. The molecule has 4 rings (SSSR count). The van der Waals surface area contributed by atoms with Crippen molar-refractivity contribution in [2.24, 2.45) is 0 Å². The van der Waals surface area contributed by atoms with Crippen molar-refractivity contribution < 1.29 is 9.53 Å². The maximum Gasteiger partial charge on any atom is 0.224 e. The van der Waals surface area contributed by atoms with Crippen LogP contribution in [0.4, 0.5) is 17.5 Å². The average molecular weight is 468 g/mol. The largest absolute Gasteiger partial charge is 0.383 e. The van der Waals surface area contributed by atoms with Gasteiger partial charge in [0.15, 0.2) is 0 Å². The first kappa shape index (κ1) is 23.9. The first-order chi connectivity index (χ1) is 17.1. The first-order valence-electron chi connectivity index (χ1n) is 11.6. The van der Waals surface area contributed by atoms with Crippen LogP contribution in [-0.4, -0.2) is 15.9 Å². The highest BCUT2D eigenvalue weighted by Crippen LogP contribution is 2.30. The van der Waals surface area contributed by atoms with E-state index in [9.17, 15) is 4.79 Å². The molecule has 1 aromatic heterocycles. The molecule has 0 aliphatic rings. The summed E-state index contributed by atoms with van der Waals surface area (Å²) in [5, 5.41) is 2.95. The molecule has 35 heavy (non-hydrogen) atoms. The van der Waals surface area contributed by atoms with Crippen molar-refractivity contribution in [2.75, 3.05) is 16.8 Å². The molecular weight excluding hydrogens is 438 g/mol. The van der Waals surface area contributed by atoms with Crippen LogP contribution in [0.1, 0.15) is 29.7 Å². The summed E-state index contributed by atoms with van der Waals surface area (Å²) in [7, 11) is 0. The lowest BCUT2D eigenvalue weighted by atomic mass is 10.0. The van der Waals surface area contributed by atoms with Crippen LogP contribution in [0.25, 0.3) is 11.1 Å². The lowest BCUT2D eigenvalue weighted by molar-refractivity contribution is -0.116. The van der Waals surface area contributed by atoms with E-state index in [0.29, 0.717) is 24.3 Å². The van der Waals surface area contributed by atoms with Crippen molar-refractivity contribution in [1.29, 1.82) is 0 Å². The second-order valence-corrected chi connectivity index (χ2v) is 8.23. The maximum atomic E-state index is 12.4. The number of aryl methyl sites for hydroxylation is 1. The minimum Gasteiger partial charge on any atom is -0.383 e. The van der Waals surface area contributed by atoms with Gasteiger partial charge >= 0.3 is 0 Å². The summed E-state index contributed by atoms with van der Waals surface area (Å²) in [5.41, 5.74) is 17.2. The SMILES string of the molecule is Nc1nc(N)c(-c2ccc(NC(=O)CCCc3ccccc3)cc2)c(COCc2ccccc2)n1. The Hall–Kier alpha value is -4.23. The number of aromatic nitrogens is 2. The van der Waals surface area contributed by atoms with E-state index in [1.807, 2.05) is 72.8 Å². The molecule has 0 atom stereocenters. The highest BCUT2D eigenvalue weighted by Gasteiger charge is 2.14. The predicted octanol–water partition coefficient (Wildman–Crippen LogP) is 4.99. The Labute approximate surface area is 205 Å². The molecule has 3 aromatic carbocycles. The van der Waals surface area contributed by atoms with Gasteiger partial charge in [-0.05, 0) is 41.7 Å². The smallest absolute Gasteiger partial charge is 0.224 e. The predicted molar refractivity (Wildman–Crippen MR) is 139 cm³/mol. The van der Waals surface area contributed by atoms with Gasteiger partial charge < -0.3 is 21.5 Å². The van der Waals surface area contributed by atoms with Gasteiger partial charge in [0, 0.05) is 17.7 Å². The van der Waals surface area contributed by atoms with Crippen LogP contribution in [-0.2, 0) is 29.2 Å². The average Bonchev–Trinajstić information content (AvgIpc) is 2.86. The topological polar surface area (TPSA) is 116 Å². The van der Waals surface area contributed by atoms with Gasteiger partial charge in [-0.2, -0.15) is 4.98 Å². The summed E-state index contributed by atoms with van der Waals surface area (Å²) in [4.78, 5) is 20.8. The highest BCUT2D eigenvalue weighted by atomic mass is 16.5. The Bertz CT molecular complexity index is 1250. The van der Waals surface area contributed by atoms with Crippen molar-refractivity contribution in [1.82, 2.24) is 9.97 Å². The third-order valence-corrected chi connectivity index (χ3v) is 5.55. The van der Waals surface area contributed by atoms with Gasteiger partial charge in [-0.1, -0.05) is 72.8 Å². The van der Waals surface area contributed by atoms with Crippen molar-refractivity contribution in [3.63, 3.8) is 0 Å². The number of anilines is 3. The van der Waals surface area contributed by atoms with Gasteiger partial charge in [0.1, 0.15) is 5.82 Å². The van der Waals surface area contributed by atoms with E-state index in [-0.39, 0.29) is 24.3 Å². The number of hydrogen-bond acceptors (Lipinski definition) is 6. The van der Waals surface area contributed by atoms with Crippen LogP contribution >= 0.6 is 0 Å². The van der Waals surface area contributed by atoms with Gasteiger partial charge in [0.05, 0.1) is 18.9 Å². The summed E-state index contributed by atoms with van der Waals surface area (Å²) >= 11 is 0. The van der Waals surface area contributed by atoms with E-state index in [1.54, 1.807) is 0 Å². The normalized spacial score (nSPS) is 10.7. The molecular formula is C28H29N5O2. The molecule has 1 heterocycles. The number of benzene rings is 3. The number of ether oxygens (including phenoxy) is 1. The number of carbonyl (C=O) groups excluding carboxylic acids is 1. The minimum absolute atomic E-state index is 0.0148. The van der Waals surface area contributed by atoms with Crippen LogP contribution in [0, 0.1) is 0 Å². The fourth-order valence-electron chi connectivity index (χ4n) is 3.85. The fourth-order valence-corrected chi connectivity index (χ4v) is 3.85. The molecule has 7 heteroatoms. The molecule has 0 saturated heterocycles. The monoisotopic (exact) mass is 467 g/mol. The summed E-state index contributed by atoms with van der Waals surface area (Å²) < 4.78 is 5.87.